The van der Waals surface area contributed by atoms with Crippen molar-refractivity contribution in [2.24, 2.45) is 0 Å². The maximum atomic E-state index is 5.77. The highest BCUT2D eigenvalue weighted by molar-refractivity contribution is 7.99. The summed E-state index contributed by atoms with van der Waals surface area (Å²) in [5.74, 6) is 0.870. The van der Waals surface area contributed by atoms with Gasteiger partial charge in [0.1, 0.15) is 0 Å². The highest BCUT2D eigenvalue weighted by atomic mass is 32.2. The van der Waals surface area contributed by atoms with E-state index in [2.05, 4.69) is 22.4 Å². The Hall–Kier alpha value is -0.700. The van der Waals surface area contributed by atoms with E-state index in [4.69, 9.17) is 14.2 Å². The number of nitrogens with zero attached hydrogens (tertiary/aromatic N) is 4. The molecule has 1 aromatic heterocycles. The first kappa shape index (κ1) is 14.7. The summed E-state index contributed by atoms with van der Waals surface area (Å²) in [6.07, 6.45) is 2.56. The molecule has 1 aliphatic heterocycles. The van der Waals surface area contributed by atoms with Gasteiger partial charge in [0, 0.05) is 20.0 Å². The van der Waals surface area contributed by atoms with Crippen molar-refractivity contribution in [1.29, 1.82) is 0 Å². The molecular formula is C11H20N4O3S. The van der Waals surface area contributed by atoms with E-state index in [0.717, 1.165) is 23.8 Å². The van der Waals surface area contributed by atoms with E-state index in [1.807, 2.05) is 0 Å². The lowest BCUT2D eigenvalue weighted by Crippen LogP contribution is -2.22. The Morgan fingerprint density at radius 1 is 1.42 bits per heavy atom. The van der Waals surface area contributed by atoms with Crippen LogP contribution in [0.15, 0.2) is 5.16 Å². The van der Waals surface area contributed by atoms with Crippen LogP contribution in [0, 0.1) is 0 Å². The topological polar surface area (TPSA) is 71.3 Å². The number of rotatable bonds is 7. The summed E-state index contributed by atoms with van der Waals surface area (Å²) in [4.78, 5) is 0. The Morgan fingerprint density at radius 3 is 2.84 bits per heavy atom. The molecular weight excluding hydrogens is 268 g/mol. The zero-order valence-electron chi connectivity index (χ0n) is 11.5. The zero-order valence-corrected chi connectivity index (χ0v) is 12.3. The Kier molecular flexibility index (Phi) is 5.56. The monoisotopic (exact) mass is 288 g/mol. The highest BCUT2D eigenvalue weighted by Gasteiger charge is 2.23. The third-order valence-electron chi connectivity index (χ3n) is 3.07. The first-order valence-corrected chi connectivity index (χ1v) is 7.31. The molecule has 0 saturated carbocycles. The third-order valence-corrected chi connectivity index (χ3v) is 4.15. The molecule has 7 nitrogen and oxygen atoms in total. The fourth-order valence-corrected chi connectivity index (χ4v) is 2.91. The van der Waals surface area contributed by atoms with Crippen molar-refractivity contribution < 1.29 is 14.2 Å². The van der Waals surface area contributed by atoms with Crippen molar-refractivity contribution in [1.82, 2.24) is 20.2 Å². The average molecular weight is 288 g/mol. The minimum absolute atomic E-state index is 0.297. The average Bonchev–Trinajstić information content (AvgIpc) is 3.02. The fourth-order valence-electron chi connectivity index (χ4n) is 1.98. The second-order valence-corrected chi connectivity index (χ2v) is 5.49. The van der Waals surface area contributed by atoms with Gasteiger partial charge in [-0.3, -0.25) is 0 Å². The molecule has 1 aromatic rings. The van der Waals surface area contributed by atoms with Gasteiger partial charge in [-0.05, 0) is 30.2 Å². The van der Waals surface area contributed by atoms with E-state index in [-0.39, 0.29) is 6.29 Å². The van der Waals surface area contributed by atoms with Crippen LogP contribution in [0.3, 0.4) is 0 Å². The molecule has 108 valence electrons. The number of tetrazole rings is 1. The van der Waals surface area contributed by atoms with Crippen molar-refractivity contribution in [3.05, 3.63) is 0 Å². The lowest BCUT2D eigenvalue weighted by Gasteiger charge is -2.14. The van der Waals surface area contributed by atoms with Gasteiger partial charge in [-0.25, -0.2) is 4.68 Å². The van der Waals surface area contributed by atoms with Crippen LogP contribution in [0.1, 0.15) is 19.8 Å². The number of hydrogen-bond donors (Lipinski definition) is 0. The molecule has 0 N–H and O–H groups in total. The summed E-state index contributed by atoms with van der Waals surface area (Å²) in [7, 11) is 3.19. The molecule has 19 heavy (non-hydrogen) atoms. The molecule has 8 heteroatoms. The van der Waals surface area contributed by atoms with E-state index in [9.17, 15) is 0 Å². The summed E-state index contributed by atoms with van der Waals surface area (Å²) >= 11 is 1.61. The maximum absolute atomic E-state index is 5.77. The van der Waals surface area contributed by atoms with Gasteiger partial charge in [0.25, 0.3) is 0 Å². The molecule has 0 aliphatic carbocycles. The Labute approximate surface area is 117 Å². The Balaban J connectivity index is 1.85. The molecule has 2 rings (SSSR count). The van der Waals surface area contributed by atoms with Crippen molar-refractivity contribution in [3.63, 3.8) is 0 Å². The number of hydrogen-bond acceptors (Lipinski definition) is 7. The molecule has 2 atom stereocenters. The molecule has 2 heterocycles. The molecule has 0 bridgehead atoms. The summed E-state index contributed by atoms with van der Waals surface area (Å²) in [5, 5.41) is 12.4. The lowest BCUT2D eigenvalue weighted by atomic mass is 10.2. The van der Waals surface area contributed by atoms with Gasteiger partial charge in [0.15, 0.2) is 6.29 Å². The number of aromatic nitrogens is 4. The standard InChI is InChI=1S/C11H20N4O3S/c1-8-4-5-9(18-8)7-19-11-12-13-14-15(11)6-10(16-2)17-3/h8-10H,4-7H2,1-3H3. The van der Waals surface area contributed by atoms with Crippen molar-refractivity contribution in [3.8, 4) is 0 Å². The van der Waals surface area contributed by atoms with Crippen LogP contribution in [0.4, 0.5) is 0 Å². The number of methoxy groups -OCH3 is 2. The maximum Gasteiger partial charge on any atom is 0.209 e. The largest absolute Gasteiger partial charge is 0.374 e. The predicted octanol–water partition coefficient (Wildman–Crippen LogP) is 0.952. The predicted molar refractivity (Wildman–Crippen MR) is 69.9 cm³/mol. The molecule has 1 aliphatic rings. The summed E-state index contributed by atoms with van der Waals surface area (Å²) in [6, 6.07) is 0. The fraction of sp³-hybridized carbons (Fsp3) is 0.909. The molecule has 0 aromatic carbocycles. The van der Waals surface area contributed by atoms with E-state index >= 15 is 0 Å². The van der Waals surface area contributed by atoms with Crippen molar-refractivity contribution in [2.75, 3.05) is 20.0 Å². The van der Waals surface area contributed by atoms with Crippen molar-refractivity contribution >= 4 is 11.8 Å². The van der Waals surface area contributed by atoms with Gasteiger partial charge in [-0.2, -0.15) is 0 Å². The highest BCUT2D eigenvalue weighted by Crippen LogP contribution is 2.25. The van der Waals surface area contributed by atoms with Crippen LogP contribution in [0.5, 0.6) is 0 Å². The molecule has 0 spiro atoms. The van der Waals surface area contributed by atoms with Crippen LogP contribution in [-0.2, 0) is 20.8 Å². The lowest BCUT2D eigenvalue weighted by molar-refractivity contribution is -0.113. The van der Waals surface area contributed by atoms with Crippen LogP contribution in [-0.4, -0.2) is 58.7 Å². The zero-order chi connectivity index (χ0) is 13.7. The van der Waals surface area contributed by atoms with Crippen molar-refractivity contribution in [2.45, 2.75) is 50.0 Å². The normalized spacial score (nSPS) is 23.4. The number of thioether (sulfide) groups is 1. The van der Waals surface area contributed by atoms with E-state index in [1.165, 1.54) is 0 Å². The molecule has 0 amide bonds. The van der Waals surface area contributed by atoms with Gasteiger partial charge >= 0.3 is 0 Å². The van der Waals surface area contributed by atoms with Crippen LogP contribution in [0.25, 0.3) is 0 Å². The molecule has 0 radical (unpaired) electrons. The molecule has 1 fully saturated rings. The van der Waals surface area contributed by atoms with E-state index in [1.54, 1.807) is 30.7 Å². The molecule has 2 unspecified atom stereocenters. The van der Waals surface area contributed by atoms with Crippen LogP contribution in [0.2, 0.25) is 0 Å². The van der Waals surface area contributed by atoms with E-state index in [0.29, 0.717) is 18.8 Å². The first-order chi connectivity index (χ1) is 9.22. The summed E-state index contributed by atoms with van der Waals surface area (Å²) < 4.78 is 17.8. The van der Waals surface area contributed by atoms with E-state index < -0.39 is 0 Å². The second kappa shape index (κ2) is 7.18. The number of ether oxygens (including phenoxy) is 3. The second-order valence-electron chi connectivity index (χ2n) is 4.50. The van der Waals surface area contributed by atoms with Gasteiger partial charge in [-0.1, -0.05) is 11.8 Å². The third kappa shape index (κ3) is 4.13. The van der Waals surface area contributed by atoms with Gasteiger partial charge in [0.05, 0.1) is 18.8 Å². The Morgan fingerprint density at radius 2 is 2.21 bits per heavy atom. The Bertz CT molecular complexity index is 386. The SMILES string of the molecule is COC(Cn1nnnc1SCC1CCC(C)O1)OC. The summed E-state index contributed by atoms with van der Waals surface area (Å²) in [6.45, 7) is 2.58. The van der Waals surface area contributed by atoms with Crippen LogP contribution >= 0.6 is 11.8 Å². The summed E-state index contributed by atoms with van der Waals surface area (Å²) in [5.41, 5.74) is 0. The minimum atomic E-state index is -0.342. The minimum Gasteiger partial charge on any atom is -0.374 e. The van der Waals surface area contributed by atoms with Gasteiger partial charge in [-0.15, -0.1) is 5.10 Å². The molecule has 1 saturated heterocycles. The first-order valence-electron chi connectivity index (χ1n) is 6.33. The van der Waals surface area contributed by atoms with Gasteiger partial charge < -0.3 is 14.2 Å². The van der Waals surface area contributed by atoms with Gasteiger partial charge in [0.2, 0.25) is 5.16 Å². The quantitative estimate of drug-likeness (QED) is 0.546. The smallest absolute Gasteiger partial charge is 0.209 e. The van der Waals surface area contributed by atoms with Crippen LogP contribution < -0.4 is 0 Å².